The number of hydrogen-bond acceptors (Lipinski definition) is 4. The molecule has 1 saturated carbocycles. The standard InChI is InChI=1S/C21H19N3O2/c25-21(20-13-10-17(14-22-20)23-15-6-7-15)24-16-8-11-19(12-9-16)26-18-4-2-1-3-5-18/h1-5,8-15,23H,6-7H2,(H,24,25). The molecule has 0 bridgehead atoms. The molecule has 1 amide bonds. The Bertz CT molecular complexity index is 873. The van der Waals surface area contributed by atoms with Gasteiger partial charge in [0.05, 0.1) is 11.9 Å². The highest BCUT2D eigenvalue weighted by atomic mass is 16.5. The summed E-state index contributed by atoms with van der Waals surface area (Å²) in [6, 6.07) is 21.0. The minimum Gasteiger partial charge on any atom is -0.457 e. The summed E-state index contributed by atoms with van der Waals surface area (Å²) < 4.78 is 5.74. The number of benzene rings is 2. The quantitative estimate of drug-likeness (QED) is 0.680. The Labute approximate surface area is 152 Å². The summed E-state index contributed by atoms with van der Waals surface area (Å²) in [5, 5.41) is 6.19. The Hall–Kier alpha value is -3.34. The summed E-state index contributed by atoms with van der Waals surface area (Å²) in [5.41, 5.74) is 2.03. The number of carbonyl (C=O) groups is 1. The van der Waals surface area contributed by atoms with E-state index in [0.29, 0.717) is 23.2 Å². The molecule has 0 radical (unpaired) electrons. The normalized spacial score (nSPS) is 13.1. The Kier molecular flexibility index (Phi) is 4.51. The Morgan fingerprint density at radius 2 is 1.58 bits per heavy atom. The fraction of sp³-hybridized carbons (Fsp3) is 0.143. The molecule has 26 heavy (non-hydrogen) atoms. The van der Waals surface area contributed by atoms with Crippen LogP contribution in [0.1, 0.15) is 23.3 Å². The predicted octanol–water partition coefficient (Wildman–Crippen LogP) is 4.70. The van der Waals surface area contributed by atoms with Gasteiger partial charge in [-0.1, -0.05) is 18.2 Å². The number of hydrogen-bond donors (Lipinski definition) is 2. The molecule has 2 N–H and O–H groups in total. The Balaban J connectivity index is 1.36. The molecule has 0 aliphatic heterocycles. The van der Waals surface area contributed by atoms with Gasteiger partial charge in [0, 0.05) is 11.7 Å². The van der Waals surface area contributed by atoms with Crippen molar-refractivity contribution in [2.24, 2.45) is 0 Å². The first kappa shape index (κ1) is 16.1. The second-order valence-electron chi connectivity index (χ2n) is 6.24. The molecule has 0 saturated heterocycles. The van der Waals surface area contributed by atoms with Crippen molar-refractivity contribution in [3.05, 3.63) is 78.6 Å². The molecule has 130 valence electrons. The Morgan fingerprint density at radius 3 is 2.23 bits per heavy atom. The van der Waals surface area contributed by atoms with Crippen LogP contribution in [0.4, 0.5) is 11.4 Å². The number of anilines is 2. The first-order valence-corrected chi connectivity index (χ1v) is 8.63. The molecule has 2 aromatic carbocycles. The smallest absolute Gasteiger partial charge is 0.274 e. The fourth-order valence-electron chi connectivity index (χ4n) is 2.50. The van der Waals surface area contributed by atoms with E-state index in [9.17, 15) is 4.79 Å². The molecular formula is C21H19N3O2. The van der Waals surface area contributed by atoms with Gasteiger partial charge in [-0.05, 0) is 61.4 Å². The van der Waals surface area contributed by atoms with Gasteiger partial charge in [-0.2, -0.15) is 0 Å². The van der Waals surface area contributed by atoms with Crippen LogP contribution in [0.5, 0.6) is 11.5 Å². The molecule has 0 unspecified atom stereocenters. The maximum atomic E-state index is 12.3. The molecule has 1 fully saturated rings. The van der Waals surface area contributed by atoms with Crippen LogP contribution in [0.3, 0.4) is 0 Å². The second-order valence-corrected chi connectivity index (χ2v) is 6.24. The zero-order valence-corrected chi connectivity index (χ0v) is 14.2. The lowest BCUT2D eigenvalue weighted by Gasteiger charge is -2.08. The van der Waals surface area contributed by atoms with Crippen molar-refractivity contribution in [2.75, 3.05) is 10.6 Å². The number of nitrogens with zero attached hydrogens (tertiary/aromatic N) is 1. The van der Waals surface area contributed by atoms with Crippen molar-refractivity contribution in [3.8, 4) is 11.5 Å². The van der Waals surface area contributed by atoms with Crippen molar-refractivity contribution in [1.82, 2.24) is 4.98 Å². The number of amides is 1. The van der Waals surface area contributed by atoms with Crippen LogP contribution >= 0.6 is 0 Å². The van der Waals surface area contributed by atoms with Crippen molar-refractivity contribution in [3.63, 3.8) is 0 Å². The van der Waals surface area contributed by atoms with Crippen LogP contribution in [0, 0.1) is 0 Å². The van der Waals surface area contributed by atoms with Crippen molar-refractivity contribution < 1.29 is 9.53 Å². The van der Waals surface area contributed by atoms with Crippen molar-refractivity contribution in [2.45, 2.75) is 18.9 Å². The van der Waals surface area contributed by atoms with Gasteiger partial charge in [0.15, 0.2) is 0 Å². The van der Waals surface area contributed by atoms with Gasteiger partial charge >= 0.3 is 0 Å². The fourth-order valence-corrected chi connectivity index (χ4v) is 2.50. The molecule has 1 aliphatic rings. The number of rotatable bonds is 6. The summed E-state index contributed by atoms with van der Waals surface area (Å²) >= 11 is 0. The van der Waals surface area contributed by atoms with Crippen LogP contribution in [0.15, 0.2) is 72.9 Å². The molecule has 1 aromatic heterocycles. The van der Waals surface area contributed by atoms with Gasteiger partial charge < -0.3 is 15.4 Å². The highest BCUT2D eigenvalue weighted by molar-refractivity contribution is 6.02. The third-order valence-corrected chi connectivity index (χ3v) is 4.04. The van der Waals surface area contributed by atoms with Gasteiger partial charge in [-0.15, -0.1) is 0 Å². The maximum absolute atomic E-state index is 12.3. The van der Waals surface area contributed by atoms with Gasteiger partial charge in [0.25, 0.3) is 5.91 Å². The van der Waals surface area contributed by atoms with Gasteiger partial charge in [0.2, 0.25) is 0 Å². The molecule has 0 atom stereocenters. The van der Waals surface area contributed by atoms with E-state index in [1.807, 2.05) is 48.5 Å². The third-order valence-electron chi connectivity index (χ3n) is 4.04. The highest BCUT2D eigenvalue weighted by Gasteiger charge is 2.20. The molecule has 1 aliphatic carbocycles. The van der Waals surface area contributed by atoms with E-state index in [0.717, 1.165) is 11.4 Å². The minimum atomic E-state index is -0.236. The van der Waals surface area contributed by atoms with E-state index in [2.05, 4.69) is 15.6 Å². The summed E-state index contributed by atoms with van der Waals surface area (Å²) in [6.45, 7) is 0. The maximum Gasteiger partial charge on any atom is 0.274 e. The SMILES string of the molecule is O=C(Nc1ccc(Oc2ccccc2)cc1)c1ccc(NC2CC2)cn1. The van der Waals surface area contributed by atoms with E-state index in [1.54, 1.807) is 24.4 Å². The van der Waals surface area contributed by atoms with Crippen LogP contribution in [0.2, 0.25) is 0 Å². The third kappa shape index (κ3) is 4.19. The monoisotopic (exact) mass is 345 g/mol. The van der Waals surface area contributed by atoms with Gasteiger partial charge in [-0.3, -0.25) is 4.79 Å². The summed E-state index contributed by atoms with van der Waals surface area (Å²) in [5.74, 6) is 1.25. The zero-order chi connectivity index (χ0) is 17.8. The van der Waals surface area contributed by atoms with Gasteiger partial charge in [-0.25, -0.2) is 4.98 Å². The molecule has 0 spiro atoms. The van der Waals surface area contributed by atoms with E-state index in [4.69, 9.17) is 4.74 Å². The van der Waals surface area contributed by atoms with E-state index in [1.165, 1.54) is 12.8 Å². The number of nitrogens with one attached hydrogen (secondary N) is 2. The highest BCUT2D eigenvalue weighted by Crippen LogP contribution is 2.25. The molecule has 4 rings (SSSR count). The topological polar surface area (TPSA) is 63.2 Å². The molecule has 3 aromatic rings. The Morgan fingerprint density at radius 1 is 0.885 bits per heavy atom. The van der Waals surface area contributed by atoms with Crippen LogP contribution in [0.25, 0.3) is 0 Å². The van der Waals surface area contributed by atoms with Crippen LogP contribution < -0.4 is 15.4 Å². The van der Waals surface area contributed by atoms with Crippen molar-refractivity contribution in [1.29, 1.82) is 0 Å². The average Bonchev–Trinajstić information content (AvgIpc) is 3.49. The zero-order valence-electron chi connectivity index (χ0n) is 14.2. The van der Waals surface area contributed by atoms with Crippen LogP contribution in [-0.2, 0) is 0 Å². The summed E-state index contributed by atoms with van der Waals surface area (Å²) in [4.78, 5) is 16.5. The molecule has 5 heteroatoms. The van der Waals surface area contributed by atoms with Crippen molar-refractivity contribution >= 4 is 17.3 Å². The lowest BCUT2D eigenvalue weighted by molar-refractivity contribution is 0.102. The van der Waals surface area contributed by atoms with E-state index in [-0.39, 0.29) is 5.91 Å². The average molecular weight is 345 g/mol. The number of para-hydroxylation sites is 1. The molecular weight excluding hydrogens is 326 g/mol. The van der Waals surface area contributed by atoms with Gasteiger partial charge in [0.1, 0.15) is 17.2 Å². The first-order valence-electron chi connectivity index (χ1n) is 8.63. The number of pyridine rings is 1. The minimum absolute atomic E-state index is 0.236. The summed E-state index contributed by atoms with van der Waals surface area (Å²) in [7, 11) is 0. The second kappa shape index (κ2) is 7.27. The number of ether oxygens (including phenoxy) is 1. The molecule has 5 nitrogen and oxygen atoms in total. The number of carbonyl (C=O) groups excluding carboxylic acids is 1. The first-order chi connectivity index (χ1) is 12.8. The largest absolute Gasteiger partial charge is 0.457 e. The van der Waals surface area contributed by atoms with E-state index < -0.39 is 0 Å². The van der Waals surface area contributed by atoms with Crippen LogP contribution in [-0.4, -0.2) is 16.9 Å². The lowest BCUT2D eigenvalue weighted by atomic mass is 10.2. The molecule has 1 heterocycles. The lowest BCUT2D eigenvalue weighted by Crippen LogP contribution is -2.13. The number of aromatic nitrogens is 1. The summed E-state index contributed by atoms with van der Waals surface area (Å²) in [6.07, 6.45) is 4.10. The predicted molar refractivity (Wildman–Crippen MR) is 102 cm³/mol. The van der Waals surface area contributed by atoms with E-state index >= 15 is 0 Å².